The van der Waals surface area contributed by atoms with Crippen LogP contribution in [0, 0.1) is 17.0 Å². The van der Waals surface area contributed by atoms with Crippen molar-refractivity contribution in [3.8, 4) is 5.75 Å². The van der Waals surface area contributed by atoms with Crippen LogP contribution in [0.2, 0.25) is 0 Å². The zero-order valence-electron chi connectivity index (χ0n) is 14.5. The van der Waals surface area contributed by atoms with Gasteiger partial charge in [0, 0.05) is 18.7 Å². The third-order valence-corrected chi connectivity index (χ3v) is 3.65. The van der Waals surface area contributed by atoms with E-state index in [0.717, 1.165) is 5.56 Å². The second-order valence-corrected chi connectivity index (χ2v) is 5.85. The van der Waals surface area contributed by atoms with Crippen molar-refractivity contribution in [2.45, 2.75) is 13.5 Å². The van der Waals surface area contributed by atoms with Crippen LogP contribution >= 0.6 is 0 Å². The van der Waals surface area contributed by atoms with E-state index in [-0.39, 0.29) is 23.8 Å². The van der Waals surface area contributed by atoms with Crippen LogP contribution in [0.1, 0.15) is 11.1 Å². The standard InChI is InChI=1S/C18H21N3O4/c1-13-4-6-14(7-5-13)11-20(2)12-18(22)19-16-10-15(21(23)24)8-9-17(16)25-3/h4-10H,11-12H2,1-3H3,(H,19,22). The lowest BCUT2D eigenvalue weighted by Crippen LogP contribution is -2.30. The van der Waals surface area contributed by atoms with Gasteiger partial charge in [-0.3, -0.25) is 19.8 Å². The summed E-state index contributed by atoms with van der Waals surface area (Å²) < 4.78 is 5.14. The topological polar surface area (TPSA) is 84.7 Å². The second kappa shape index (κ2) is 8.25. The van der Waals surface area contributed by atoms with Gasteiger partial charge in [0.1, 0.15) is 5.75 Å². The predicted octanol–water partition coefficient (Wildman–Crippen LogP) is 2.98. The number of ether oxygens (including phenoxy) is 1. The van der Waals surface area contributed by atoms with E-state index in [9.17, 15) is 14.9 Å². The summed E-state index contributed by atoms with van der Waals surface area (Å²) in [5.74, 6) is 0.105. The predicted molar refractivity (Wildman–Crippen MR) is 95.8 cm³/mol. The smallest absolute Gasteiger partial charge is 0.271 e. The number of nitro groups is 1. The van der Waals surface area contributed by atoms with Gasteiger partial charge in [0.2, 0.25) is 5.91 Å². The molecule has 0 unspecified atom stereocenters. The third-order valence-electron chi connectivity index (χ3n) is 3.65. The molecule has 0 heterocycles. The molecule has 0 fully saturated rings. The zero-order chi connectivity index (χ0) is 18.4. The SMILES string of the molecule is COc1ccc([N+](=O)[O-])cc1NC(=O)CN(C)Cc1ccc(C)cc1. The number of anilines is 1. The van der Waals surface area contributed by atoms with E-state index >= 15 is 0 Å². The number of carbonyl (C=O) groups is 1. The van der Waals surface area contributed by atoms with Gasteiger partial charge in [0.15, 0.2) is 0 Å². The number of carbonyl (C=O) groups excluding carboxylic acids is 1. The van der Waals surface area contributed by atoms with Crippen LogP contribution in [0.25, 0.3) is 0 Å². The highest BCUT2D eigenvalue weighted by atomic mass is 16.6. The number of hydrogen-bond acceptors (Lipinski definition) is 5. The van der Waals surface area contributed by atoms with Crippen LogP contribution in [0.15, 0.2) is 42.5 Å². The second-order valence-electron chi connectivity index (χ2n) is 5.85. The molecular formula is C18H21N3O4. The highest BCUT2D eigenvalue weighted by Gasteiger charge is 2.14. The molecule has 0 radical (unpaired) electrons. The van der Waals surface area contributed by atoms with Crippen LogP contribution in [0.3, 0.4) is 0 Å². The number of nitrogens with zero attached hydrogens (tertiary/aromatic N) is 2. The lowest BCUT2D eigenvalue weighted by atomic mass is 10.1. The zero-order valence-corrected chi connectivity index (χ0v) is 14.5. The van der Waals surface area contributed by atoms with Gasteiger partial charge in [-0.25, -0.2) is 0 Å². The Balaban J connectivity index is 2.00. The Morgan fingerprint density at radius 3 is 2.52 bits per heavy atom. The number of non-ortho nitro benzene ring substituents is 1. The largest absolute Gasteiger partial charge is 0.495 e. The number of benzene rings is 2. The number of aryl methyl sites for hydroxylation is 1. The van der Waals surface area contributed by atoms with Crippen LogP contribution < -0.4 is 10.1 Å². The van der Waals surface area contributed by atoms with Crippen LogP contribution in [0.4, 0.5) is 11.4 Å². The number of likely N-dealkylation sites (N-methyl/N-ethyl adjacent to an activating group) is 1. The highest BCUT2D eigenvalue weighted by Crippen LogP contribution is 2.28. The minimum atomic E-state index is -0.515. The van der Waals surface area contributed by atoms with Crippen molar-refractivity contribution in [1.82, 2.24) is 4.90 Å². The van der Waals surface area contributed by atoms with E-state index in [1.165, 1.54) is 30.9 Å². The molecule has 0 saturated carbocycles. The Kier molecular flexibility index (Phi) is 6.08. The van der Waals surface area contributed by atoms with Gasteiger partial charge in [-0.05, 0) is 25.6 Å². The Morgan fingerprint density at radius 1 is 1.24 bits per heavy atom. The molecule has 0 aromatic heterocycles. The highest BCUT2D eigenvalue weighted by molar-refractivity contribution is 5.94. The van der Waals surface area contributed by atoms with E-state index in [4.69, 9.17) is 4.74 Å². The summed E-state index contributed by atoms with van der Waals surface area (Å²) in [5, 5.41) is 13.6. The quantitative estimate of drug-likeness (QED) is 0.617. The number of amides is 1. The average molecular weight is 343 g/mol. The maximum Gasteiger partial charge on any atom is 0.271 e. The van der Waals surface area contributed by atoms with E-state index in [2.05, 4.69) is 5.32 Å². The number of nitrogens with one attached hydrogen (secondary N) is 1. The van der Waals surface area contributed by atoms with Gasteiger partial charge in [-0.15, -0.1) is 0 Å². The molecule has 0 saturated heterocycles. The van der Waals surface area contributed by atoms with Gasteiger partial charge in [-0.2, -0.15) is 0 Å². The molecule has 0 atom stereocenters. The first-order chi connectivity index (χ1) is 11.9. The molecule has 7 nitrogen and oxygen atoms in total. The summed E-state index contributed by atoms with van der Waals surface area (Å²) in [6.45, 7) is 2.80. The van der Waals surface area contributed by atoms with Crippen molar-refractivity contribution in [1.29, 1.82) is 0 Å². The minimum Gasteiger partial charge on any atom is -0.495 e. The molecule has 1 N–H and O–H groups in total. The molecule has 2 aromatic carbocycles. The number of methoxy groups -OCH3 is 1. The van der Waals surface area contributed by atoms with Crippen LogP contribution in [0.5, 0.6) is 5.75 Å². The molecule has 0 aliphatic carbocycles. The summed E-state index contributed by atoms with van der Waals surface area (Å²) in [5.41, 5.74) is 2.46. The molecule has 7 heteroatoms. The molecule has 0 aliphatic rings. The first-order valence-corrected chi connectivity index (χ1v) is 7.75. The monoisotopic (exact) mass is 343 g/mol. The Labute approximate surface area is 146 Å². The number of rotatable bonds is 7. The van der Waals surface area contributed by atoms with Crippen LogP contribution in [-0.2, 0) is 11.3 Å². The first kappa shape index (κ1) is 18.4. The van der Waals surface area contributed by atoms with Crippen molar-refractivity contribution in [2.24, 2.45) is 0 Å². The summed E-state index contributed by atoms with van der Waals surface area (Å²) in [7, 11) is 3.28. The molecule has 25 heavy (non-hydrogen) atoms. The van der Waals surface area contributed by atoms with E-state index in [0.29, 0.717) is 12.3 Å². The Hall–Kier alpha value is -2.93. The summed E-state index contributed by atoms with van der Waals surface area (Å²) in [4.78, 5) is 24.5. The summed E-state index contributed by atoms with van der Waals surface area (Å²) in [6.07, 6.45) is 0. The molecule has 1 amide bonds. The van der Waals surface area contributed by atoms with Crippen LogP contribution in [-0.4, -0.2) is 36.4 Å². The maximum absolute atomic E-state index is 12.2. The van der Waals surface area contributed by atoms with Gasteiger partial charge in [-0.1, -0.05) is 29.8 Å². The van der Waals surface area contributed by atoms with Crippen molar-refractivity contribution >= 4 is 17.3 Å². The fourth-order valence-electron chi connectivity index (χ4n) is 2.40. The fourth-order valence-corrected chi connectivity index (χ4v) is 2.40. The molecular weight excluding hydrogens is 322 g/mol. The third kappa shape index (κ3) is 5.29. The fraction of sp³-hybridized carbons (Fsp3) is 0.278. The van der Waals surface area contributed by atoms with Gasteiger partial charge in [0.05, 0.1) is 24.3 Å². The first-order valence-electron chi connectivity index (χ1n) is 7.75. The Morgan fingerprint density at radius 2 is 1.92 bits per heavy atom. The molecule has 0 bridgehead atoms. The minimum absolute atomic E-state index is 0.107. The van der Waals surface area contributed by atoms with Crippen molar-refractivity contribution in [3.05, 3.63) is 63.7 Å². The van der Waals surface area contributed by atoms with Crippen molar-refractivity contribution < 1.29 is 14.5 Å². The van der Waals surface area contributed by atoms with E-state index in [1.54, 1.807) is 0 Å². The lowest BCUT2D eigenvalue weighted by molar-refractivity contribution is -0.384. The average Bonchev–Trinajstić information content (AvgIpc) is 2.56. The summed E-state index contributed by atoms with van der Waals surface area (Å²) >= 11 is 0. The number of nitro benzene ring substituents is 1. The van der Waals surface area contributed by atoms with Gasteiger partial charge < -0.3 is 10.1 Å². The normalized spacial score (nSPS) is 10.6. The van der Waals surface area contributed by atoms with E-state index < -0.39 is 4.92 Å². The molecule has 2 rings (SSSR count). The maximum atomic E-state index is 12.2. The number of hydrogen-bond donors (Lipinski definition) is 1. The van der Waals surface area contributed by atoms with E-state index in [1.807, 2.05) is 43.1 Å². The van der Waals surface area contributed by atoms with Crippen molar-refractivity contribution in [3.63, 3.8) is 0 Å². The van der Waals surface area contributed by atoms with Crippen molar-refractivity contribution in [2.75, 3.05) is 26.0 Å². The van der Waals surface area contributed by atoms with Gasteiger partial charge in [0.25, 0.3) is 5.69 Å². The lowest BCUT2D eigenvalue weighted by Gasteiger charge is -2.17. The Bertz CT molecular complexity index is 759. The molecule has 0 aliphatic heterocycles. The molecule has 132 valence electrons. The summed E-state index contributed by atoms with van der Waals surface area (Å²) in [6, 6.07) is 12.2. The molecule has 2 aromatic rings. The van der Waals surface area contributed by atoms with Gasteiger partial charge >= 0.3 is 0 Å². The molecule has 0 spiro atoms.